The van der Waals surface area contributed by atoms with E-state index >= 15 is 0 Å². The summed E-state index contributed by atoms with van der Waals surface area (Å²) in [5.74, 6) is 3.98. The van der Waals surface area contributed by atoms with Crippen molar-refractivity contribution in [2.24, 2.45) is 46.3 Å². The van der Waals surface area contributed by atoms with E-state index in [0.717, 1.165) is 30.7 Å². The summed E-state index contributed by atoms with van der Waals surface area (Å²) in [6.07, 6.45) is 20.9. The van der Waals surface area contributed by atoms with Crippen molar-refractivity contribution in [2.75, 3.05) is 7.11 Å². The van der Waals surface area contributed by atoms with Crippen LogP contribution in [0.15, 0.2) is 59.7 Å². The molecule has 1 aromatic carbocycles. The van der Waals surface area contributed by atoms with Crippen molar-refractivity contribution in [1.29, 1.82) is 0 Å². The van der Waals surface area contributed by atoms with E-state index in [1.807, 2.05) is 0 Å². The fourth-order valence-corrected chi connectivity index (χ4v) is 9.08. The number of benzene rings is 1. The SMILES string of the molecule is COc1cc(C=CC(=O)O[C@H]2CC[C@@]3(C)C(=CC=C4C3CC[C@@]3(C)C4CC[C@@H]3[C@H](C)C=C[C@H](C)C(C)C)C2)ccc1OC(C)=O. The number of rotatable bonds is 9. The van der Waals surface area contributed by atoms with Crippen LogP contribution in [0.5, 0.6) is 11.5 Å². The second kappa shape index (κ2) is 13.3. The molecule has 1 aromatic rings. The molecule has 4 aliphatic carbocycles. The topological polar surface area (TPSA) is 61.8 Å². The van der Waals surface area contributed by atoms with E-state index in [1.165, 1.54) is 51.4 Å². The Labute approximate surface area is 271 Å². The number of hydrogen-bond acceptors (Lipinski definition) is 5. The number of ether oxygens (including phenoxy) is 3. The zero-order chi connectivity index (χ0) is 32.5. The fourth-order valence-electron chi connectivity index (χ4n) is 9.08. The van der Waals surface area contributed by atoms with Gasteiger partial charge in [-0.25, -0.2) is 4.79 Å². The maximum absolute atomic E-state index is 12.8. The van der Waals surface area contributed by atoms with Crippen LogP contribution < -0.4 is 9.47 Å². The molecule has 3 saturated carbocycles. The molecule has 0 N–H and O–H groups in total. The number of fused-ring (bicyclic) bond motifs is 5. The van der Waals surface area contributed by atoms with Crippen molar-refractivity contribution in [2.45, 2.75) is 99.5 Å². The molecule has 5 nitrogen and oxygen atoms in total. The third kappa shape index (κ3) is 6.74. The number of carbonyl (C=O) groups is 2. The Morgan fingerprint density at radius 1 is 0.933 bits per heavy atom. The van der Waals surface area contributed by atoms with Crippen molar-refractivity contribution in [1.82, 2.24) is 0 Å². The van der Waals surface area contributed by atoms with Crippen LogP contribution in [0.2, 0.25) is 0 Å². The van der Waals surface area contributed by atoms with Gasteiger partial charge in [-0.05, 0) is 109 Å². The molecule has 0 aliphatic heterocycles. The third-order valence-corrected chi connectivity index (χ3v) is 12.1. The summed E-state index contributed by atoms with van der Waals surface area (Å²) < 4.78 is 16.5. The first-order valence-corrected chi connectivity index (χ1v) is 17.2. The lowest BCUT2D eigenvalue weighted by atomic mass is 9.50. The molecular weight excluding hydrogens is 560 g/mol. The quantitative estimate of drug-likeness (QED) is 0.120. The highest BCUT2D eigenvalue weighted by atomic mass is 16.6. The molecule has 0 aromatic heterocycles. The van der Waals surface area contributed by atoms with Gasteiger partial charge in [-0.1, -0.05) is 83.1 Å². The van der Waals surface area contributed by atoms with Gasteiger partial charge in [0.1, 0.15) is 6.10 Å². The van der Waals surface area contributed by atoms with E-state index in [4.69, 9.17) is 14.2 Å². The molecule has 0 heterocycles. The minimum absolute atomic E-state index is 0.108. The minimum Gasteiger partial charge on any atom is -0.493 e. The smallest absolute Gasteiger partial charge is 0.331 e. The summed E-state index contributed by atoms with van der Waals surface area (Å²) in [5.41, 5.74) is 4.45. The lowest BCUT2D eigenvalue weighted by Crippen LogP contribution is -2.46. The van der Waals surface area contributed by atoms with Crippen molar-refractivity contribution in [3.05, 3.63) is 65.3 Å². The molecule has 3 fully saturated rings. The first-order valence-electron chi connectivity index (χ1n) is 17.2. The fraction of sp³-hybridized carbons (Fsp3) is 0.600. The van der Waals surface area contributed by atoms with E-state index in [1.54, 1.807) is 29.8 Å². The van der Waals surface area contributed by atoms with Gasteiger partial charge in [0, 0.05) is 19.4 Å². The summed E-state index contributed by atoms with van der Waals surface area (Å²) in [4.78, 5) is 24.2. The van der Waals surface area contributed by atoms with Gasteiger partial charge in [0.2, 0.25) is 0 Å². The zero-order valence-electron chi connectivity index (χ0n) is 28.7. The van der Waals surface area contributed by atoms with Gasteiger partial charge >= 0.3 is 11.9 Å². The van der Waals surface area contributed by atoms with E-state index in [2.05, 4.69) is 65.8 Å². The number of hydrogen-bond donors (Lipinski definition) is 0. The highest BCUT2D eigenvalue weighted by molar-refractivity contribution is 5.87. The number of esters is 2. The molecule has 0 bridgehead atoms. The van der Waals surface area contributed by atoms with Crippen LogP contribution in [-0.2, 0) is 14.3 Å². The largest absolute Gasteiger partial charge is 0.493 e. The second-order valence-corrected chi connectivity index (χ2v) is 15.1. The van der Waals surface area contributed by atoms with Crippen molar-refractivity contribution in [3.8, 4) is 11.5 Å². The van der Waals surface area contributed by atoms with Crippen LogP contribution in [0.3, 0.4) is 0 Å². The molecule has 0 amide bonds. The Morgan fingerprint density at radius 3 is 2.42 bits per heavy atom. The third-order valence-electron chi connectivity index (χ3n) is 12.1. The van der Waals surface area contributed by atoms with E-state index in [0.29, 0.717) is 46.5 Å². The van der Waals surface area contributed by atoms with Gasteiger partial charge in [0.25, 0.3) is 0 Å². The van der Waals surface area contributed by atoms with Crippen LogP contribution in [0.1, 0.15) is 99.0 Å². The second-order valence-electron chi connectivity index (χ2n) is 15.1. The molecular formula is C40H54O5. The van der Waals surface area contributed by atoms with Gasteiger partial charge in [-0.3, -0.25) is 4.79 Å². The van der Waals surface area contributed by atoms with Crippen molar-refractivity contribution >= 4 is 18.0 Å². The van der Waals surface area contributed by atoms with Crippen molar-refractivity contribution < 1.29 is 23.8 Å². The summed E-state index contributed by atoms with van der Waals surface area (Å²) in [5, 5.41) is 0. The Balaban J connectivity index is 1.24. The molecule has 0 saturated heterocycles. The van der Waals surface area contributed by atoms with Gasteiger partial charge in [-0.2, -0.15) is 0 Å². The summed E-state index contributed by atoms with van der Waals surface area (Å²) in [6.45, 7) is 15.9. The highest BCUT2D eigenvalue weighted by Gasteiger charge is 2.57. The lowest BCUT2D eigenvalue weighted by Gasteiger charge is -2.55. The zero-order valence-corrected chi connectivity index (χ0v) is 28.7. The molecule has 0 spiro atoms. The lowest BCUT2D eigenvalue weighted by molar-refractivity contribution is -0.144. The van der Waals surface area contributed by atoms with E-state index in [-0.39, 0.29) is 17.5 Å². The maximum atomic E-state index is 12.8. The molecule has 0 radical (unpaired) electrons. The molecule has 8 atom stereocenters. The first-order chi connectivity index (χ1) is 21.4. The number of allylic oxidation sites excluding steroid dienone is 5. The summed E-state index contributed by atoms with van der Waals surface area (Å²) >= 11 is 0. The molecule has 244 valence electrons. The Kier molecular flexibility index (Phi) is 9.87. The summed E-state index contributed by atoms with van der Waals surface area (Å²) in [6, 6.07) is 5.17. The highest BCUT2D eigenvalue weighted by Crippen LogP contribution is 2.66. The van der Waals surface area contributed by atoms with Crippen LogP contribution >= 0.6 is 0 Å². The molecule has 2 unspecified atom stereocenters. The Bertz CT molecular complexity index is 1400. The van der Waals surface area contributed by atoms with Gasteiger partial charge in [-0.15, -0.1) is 0 Å². The normalized spacial score (nSPS) is 32.3. The molecule has 5 heteroatoms. The molecule has 4 aliphatic rings. The monoisotopic (exact) mass is 614 g/mol. The van der Waals surface area contributed by atoms with Crippen LogP contribution in [0.25, 0.3) is 6.08 Å². The standard InChI is InChI=1S/C40H54O5/c1-25(2)26(3)9-10-27(4)33-15-16-34-32-14-13-30-24-31(19-21-39(30,6)35(32)20-22-40(33,34)7)45-38(42)18-12-29-11-17-36(44-28(5)41)37(23-29)43-8/h9-14,17-18,23,25-27,31,33-35H,15-16,19-22,24H2,1-8H3/t26-,27+,31-,33+,34?,35?,39-,40+/m0/s1. The minimum atomic E-state index is -0.414. The predicted octanol–water partition coefficient (Wildman–Crippen LogP) is 9.53. The van der Waals surface area contributed by atoms with Crippen LogP contribution in [-0.4, -0.2) is 25.2 Å². The average Bonchev–Trinajstić information content (AvgIpc) is 3.36. The van der Waals surface area contributed by atoms with Gasteiger partial charge < -0.3 is 14.2 Å². The Hall–Kier alpha value is -3.08. The molecule has 45 heavy (non-hydrogen) atoms. The summed E-state index contributed by atoms with van der Waals surface area (Å²) in [7, 11) is 1.52. The number of carbonyl (C=O) groups excluding carboxylic acids is 2. The van der Waals surface area contributed by atoms with E-state index < -0.39 is 5.97 Å². The van der Waals surface area contributed by atoms with Crippen LogP contribution in [0, 0.1) is 46.3 Å². The Morgan fingerprint density at radius 2 is 1.71 bits per heavy atom. The number of methoxy groups -OCH3 is 1. The van der Waals surface area contributed by atoms with Crippen molar-refractivity contribution in [3.63, 3.8) is 0 Å². The van der Waals surface area contributed by atoms with Gasteiger partial charge in [0.15, 0.2) is 11.5 Å². The predicted molar refractivity (Wildman–Crippen MR) is 181 cm³/mol. The molecule has 5 rings (SSSR count). The maximum Gasteiger partial charge on any atom is 0.331 e. The first kappa shape index (κ1) is 33.3. The van der Waals surface area contributed by atoms with Gasteiger partial charge in [0.05, 0.1) is 7.11 Å². The van der Waals surface area contributed by atoms with E-state index in [9.17, 15) is 9.59 Å². The average molecular weight is 615 g/mol. The van der Waals surface area contributed by atoms with Crippen LogP contribution in [0.4, 0.5) is 0 Å².